The van der Waals surface area contributed by atoms with Crippen molar-refractivity contribution in [1.29, 1.82) is 0 Å². The molecule has 1 aromatic carbocycles. The van der Waals surface area contributed by atoms with Gasteiger partial charge in [0.2, 0.25) is 0 Å². The quantitative estimate of drug-likeness (QED) is 0.449. The highest BCUT2D eigenvalue weighted by Gasteiger charge is 2.13. The van der Waals surface area contributed by atoms with Gasteiger partial charge in [0, 0.05) is 18.2 Å². The number of hydrogen-bond donors (Lipinski definition) is 1. The van der Waals surface area contributed by atoms with Gasteiger partial charge in [0.15, 0.2) is 0 Å². The Kier molecular flexibility index (Phi) is 6.67. The third-order valence-electron chi connectivity index (χ3n) is 2.51. The Bertz CT molecular complexity index is 402. The minimum Gasteiger partial charge on any atom is -0.312 e. The van der Waals surface area contributed by atoms with E-state index in [9.17, 15) is 14.5 Å². The van der Waals surface area contributed by atoms with E-state index in [0.717, 1.165) is 31.2 Å². The van der Waals surface area contributed by atoms with Crippen LogP contribution in [0.5, 0.6) is 0 Å². The van der Waals surface area contributed by atoms with Crippen molar-refractivity contribution in [3.63, 3.8) is 0 Å². The number of nitrogens with one attached hydrogen (secondary N) is 1. The molecule has 0 aliphatic carbocycles. The highest BCUT2D eigenvalue weighted by molar-refractivity contribution is 7.98. The van der Waals surface area contributed by atoms with Crippen molar-refractivity contribution in [3.05, 3.63) is 39.7 Å². The first-order chi connectivity index (χ1) is 8.65. The van der Waals surface area contributed by atoms with Crippen molar-refractivity contribution in [2.45, 2.75) is 19.4 Å². The van der Waals surface area contributed by atoms with Crippen LogP contribution in [0.1, 0.15) is 18.4 Å². The Balaban J connectivity index is 2.45. The van der Waals surface area contributed by atoms with Crippen molar-refractivity contribution in [3.8, 4) is 0 Å². The molecule has 100 valence electrons. The zero-order valence-electron chi connectivity index (χ0n) is 10.3. The molecule has 18 heavy (non-hydrogen) atoms. The van der Waals surface area contributed by atoms with Crippen LogP contribution in [0.3, 0.4) is 0 Å². The number of hydrogen-bond acceptors (Lipinski definition) is 4. The van der Waals surface area contributed by atoms with Crippen LogP contribution in [0.4, 0.5) is 10.1 Å². The van der Waals surface area contributed by atoms with E-state index in [0.29, 0.717) is 12.1 Å². The maximum Gasteiger partial charge on any atom is 0.274 e. The molecule has 0 aromatic heterocycles. The molecule has 1 N–H and O–H groups in total. The van der Waals surface area contributed by atoms with E-state index < -0.39 is 10.7 Å². The number of benzene rings is 1. The lowest BCUT2D eigenvalue weighted by Gasteiger charge is -2.05. The second-order valence-corrected chi connectivity index (χ2v) is 4.89. The minimum absolute atomic E-state index is 0.0342. The largest absolute Gasteiger partial charge is 0.312 e. The van der Waals surface area contributed by atoms with Crippen molar-refractivity contribution in [2.24, 2.45) is 0 Å². The Morgan fingerprint density at radius 3 is 2.89 bits per heavy atom. The molecular weight excluding hydrogens is 255 g/mol. The number of halogens is 1. The number of unbranched alkanes of at least 4 members (excludes halogenated alkanes) is 1. The molecule has 1 rings (SSSR count). The number of thioether (sulfide) groups is 1. The Labute approximate surface area is 110 Å². The summed E-state index contributed by atoms with van der Waals surface area (Å²) in [5, 5.41) is 13.9. The number of nitro benzene ring substituents is 1. The molecule has 0 saturated carbocycles. The van der Waals surface area contributed by atoms with E-state index >= 15 is 0 Å². The van der Waals surface area contributed by atoms with Crippen molar-refractivity contribution >= 4 is 17.4 Å². The van der Waals surface area contributed by atoms with Crippen LogP contribution in [0.15, 0.2) is 18.2 Å². The summed E-state index contributed by atoms with van der Waals surface area (Å²) in [5.74, 6) is 0.668. The Morgan fingerprint density at radius 1 is 1.44 bits per heavy atom. The first-order valence-corrected chi connectivity index (χ1v) is 7.17. The van der Waals surface area contributed by atoms with Gasteiger partial charge in [-0.25, -0.2) is 4.39 Å². The average molecular weight is 272 g/mol. The van der Waals surface area contributed by atoms with Gasteiger partial charge in [-0.1, -0.05) is 0 Å². The zero-order chi connectivity index (χ0) is 13.4. The molecule has 0 bridgehead atoms. The SMILES string of the molecule is CSCCCCNCc1cc(F)ccc1[N+](=O)[O-]. The second kappa shape index (κ2) is 8.05. The summed E-state index contributed by atoms with van der Waals surface area (Å²) in [4.78, 5) is 10.3. The fraction of sp³-hybridized carbons (Fsp3) is 0.500. The first-order valence-electron chi connectivity index (χ1n) is 5.77. The van der Waals surface area contributed by atoms with Crippen LogP contribution in [-0.2, 0) is 6.54 Å². The van der Waals surface area contributed by atoms with Gasteiger partial charge in [-0.15, -0.1) is 0 Å². The van der Waals surface area contributed by atoms with Crippen LogP contribution in [-0.4, -0.2) is 23.5 Å². The van der Waals surface area contributed by atoms with E-state index in [1.807, 2.05) is 0 Å². The van der Waals surface area contributed by atoms with Crippen molar-refractivity contribution in [1.82, 2.24) is 5.32 Å². The van der Waals surface area contributed by atoms with E-state index in [1.54, 1.807) is 11.8 Å². The fourth-order valence-electron chi connectivity index (χ4n) is 1.59. The van der Waals surface area contributed by atoms with Gasteiger partial charge in [0.05, 0.1) is 4.92 Å². The monoisotopic (exact) mass is 272 g/mol. The summed E-state index contributed by atoms with van der Waals surface area (Å²) in [6.45, 7) is 1.11. The molecule has 0 fully saturated rings. The molecule has 0 saturated heterocycles. The lowest BCUT2D eigenvalue weighted by atomic mass is 10.1. The molecule has 0 aliphatic rings. The van der Waals surface area contributed by atoms with Crippen molar-refractivity contribution < 1.29 is 9.31 Å². The maximum absolute atomic E-state index is 13.0. The van der Waals surface area contributed by atoms with Crippen molar-refractivity contribution in [2.75, 3.05) is 18.6 Å². The molecule has 0 radical (unpaired) electrons. The molecule has 0 amide bonds. The third-order valence-corrected chi connectivity index (χ3v) is 3.20. The van der Waals surface area contributed by atoms with Gasteiger partial charge in [-0.3, -0.25) is 10.1 Å². The van der Waals surface area contributed by atoms with Crippen LogP contribution in [0, 0.1) is 15.9 Å². The summed E-state index contributed by atoms with van der Waals surface area (Å²) in [7, 11) is 0. The van der Waals surface area contributed by atoms with E-state index in [-0.39, 0.29) is 5.69 Å². The number of nitrogens with zero attached hydrogens (tertiary/aromatic N) is 1. The van der Waals surface area contributed by atoms with E-state index in [1.165, 1.54) is 12.1 Å². The summed E-state index contributed by atoms with van der Waals surface area (Å²) in [5.41, 5.74) is 0.359. The predicted octanol–water partition coefficient (Wildman–Crippen LogP) is 2.97. The zero-order valence-corrected chi connectivity index (χ0v) is 11.1. The van der Waals surface area contributed by atoms with Gasteiger partial charge < -0.3 is 5.32 Å². The molecule has 0 aliphatic heterocycles. The second-order valence-electron chi connectivity index (χ2n) is 3.91. The maximum atomic E-state index is 13.0. The normalized spacial score (nSPS) is 10.6. The number of rotatable bonds is 8. The van der Waals surface area contributed by atoms with Gasteiger partial charge in [-0.05, 0) is 43.5 Å². The predicted molar refractivity (Wildman–Crippen MR) is 72.4 cm³/mol. The number of nitro groups is 1. The van der Waals surface area contributed by atoms with Crippen LogP contribution >= 0.6 is 11.8 Å². The van der Waals surface area contributed by atoms with Crippen LogP contribution in [0.2, 0.25) is 0 Å². The summed E-state index contributed by atoms with van der Waals surface area (Å²) < 4.78 is 13.0. The molecular formula is C12H17FN2O2S. The van der Waals surface area contributed by atoms with Gasteiger partial charge in [-0.2, -0.15) is 11.8 Å². The Hall–Kier alpha value is -1.14. The van der Waals surface area contributed by atoms with Crippen LogP contribution in [0.25, 0.3) is 0 Å². The van der Waals surface area contributed by atoms with E-state index in [2.05, 4.69) is 11.6 Å². The Morgan fingerprint density at radius 2 is 2.22 bits per heavy atom. The average Bonchev–Trinajstić information content (AvgIpc) is 2.33. The molecule has 0 unspecified atom stereocenters. The topological polar surface area (TPSA) is 55.2 Å². The van der Waals surface area contributed by atoms with E-state index in [4.69, 9.17) is 0 Å². The minimum atomic E-state index is -0.482. The standard InChI is InChI=1S/C12H17FN2O2S/c1-18-7-3-2-6-14-9-10-8-11(13)4-5-12(10)15(16)17/h4-5,8,14H,2-3,6-7,9H2,1H3. The smallest absolute Gasteiger partial charge is 0.274 e. The molecule has 0 spiro atoms. The molecule has 1 aromatic rings. The molecule has 0 atom stereocenters. The highest BCUT2D eigenvalue weighted by atomic mass is 32.2. The lowest BCUT2D eigenvalue weighted by molar-refractivity contribution is -0.385. The van der Waals surface area contributed by atoms with Gasteiger partial charge >= 0.3 is 0 Å². The van der Waals surface area contributed by atoms with Gasteiger partial charge in [0.25, 0.3) is 5.69 Å². The third kappa shape index (κ3) is 5.01. The lowest BCUT2D eigenvalue weighted by Crippen LogP contribution is -2.16. The first kappa shape index (κ1) is 14.9. The molecule has 0 heterocycles. The molecule has 6 heteroatoms. The summed E-state index contributed by atoms with van der Waals surface area (Å²) >= 11 is 1.80. The van der Waals surface area contributed by atoms with Gasteiger partial charge in [0.1, 0.15) is 5.82 Å². The summed E-state index contributed by atoms with van der Waals surface area (Å²) in [6, 6.07) is 3.53. The highest BCUT2D eigenvalue weighted by Crippen LogP contribution is 2.19. The van der Waals surface area contributed by atoms with Crippen LogP contribution < -0.4 is 5.32 Å². The summed E-state index contributed by atoms with van der Waals surface area (Å²) in [6.07, 6.45) is 4.19. The molecule has 4 nitrogen and oxygen atoms in total. The fourth-order valence-corrected chi connectivity index (χ4v) is 2.09.